The smallest absolute Gasteiger partial charge is 0.130 e. The van der Waals surface area contributed by atoms with Crippen molar-refractivity contribution in [1.29, 1.82) is 0 Å². The molecule has 0 aliphatic carbocycles. The number of anilines is 1. The molecule has 0 saturated carbocycles. The number of fused-ring (bicyclic) bond motifs is 1. The quantitative estimate of drug-likeness (QED) is 0.881. The predicted molar refractivity (Wildman–Crippen MR) is 90.6 cm³/mol. The lowest BCUT2D eigenvalue weighted by atomic mass is 10.1. The van der Waals surface area contributed by atoms with Crippen molar-refractivity contribution in [2.75, 3.05) is 31.4 Å². The van der Waals surface area contributed by atoms with Gasteiger partial charge in [0.05, 0.1) is 5.52 Å². The molecule has 1 atom stereocenters. The zero-order chi connectivity index (χ0) is 14.5. The van der Waals surface area contributed by atoms with Crippen LogP contribution in [0.15, 0.2) is 30.3 Å². The summed E-state index contributed by atoms with van der Waals surface area (Å²) in [6.45, 7) is 3.18. The molecule has 1 N–H and O–H groups in total. The Labute approximate surface area is 125 Å². The van der Waals surface area contributed by atoms with Crippen molar-refractivity contribution in [2.24, 2.45) is 0 Å². The van der Waals surface area contributed by atoms with Gasteiger partial charge in [0.2, 0.25) is 0 Å². The number of nitrogens with one attached hydrogen (secondary N) is 1. The number of hydrogen-bond acceptors (Lipinski definition) is 4. The normalized spacial score (nSPS) is 12.8. The van der Waals surface area contributed by atoms with Crippen LogP contribution in [0, 0.1) is 0 Å². The van der Waals surface area contributed by atoms with Crippen molar-refractivity contribution < 1.29 is 0 Å². The number of benzene rings is 1. The van der Waals surface area contributed by atoms with Crippen molar-refractivity contribution in [2.45, 2.75) is 19.5 Å². The van der Waals surface area contributed by atoms with E-state index in [-0.39, 0.29) is 0 Å². The van der Waals surface area contributed by atoms with Crippen LogP contribution >= 0.6 is 11.8 Å². The molecule has 1 unspecified atom stereocenters. The SMILES string of the molecule is CNc1nc2ccccc2cc1CN(C)C(C)CSC. The number of aromatic nitrogens is 1. The molecule has 0 saturated heterocycles. The minimum absolute atomic E-state index is 0.557. The van der Waals surface area contributed by atoms with E-state index >= 15 is 0 Å². The van der Waals surface area contributed by atoms with Crippen molar-refractivity contribution >= 4 is 28.5 Å². The lowest BCUT2D eigenvalue weighted by Gasteiger charge is -2.25. The van der Waals surface area contributed by atoms with E-state index in [0.29, 0.717) is 6.04 Å². The third kappa shape index (κ3) is 3.44. The fourth-order valence-electron chi connectivity index (χ4n) is 2.29. The van der Waals surface area contributed by atoms with E-state index in [9.17, 15) is 0 Å². The Morgan fingerprint density at radius 2 is 2.10 bits per heavy atom. The molecule has 2 rings (SSSR count). The maximum atomic E-state index is 4.71. The van der Waals surface area contributed by atoms with Gasteiger partial charge in [-0.25, -0.2) is 4.98 Å². The number of hydrogen-bond donors (Lipinski definition) is 1. The Balaban J connectivity index is 2.28. The van der Waals surface area contributed by atoms with Gasteiger partial charge in [0.25, 0.3) is 0 Å². The molecule has 0 radical (unpaired) electrons. The summed E-state index contributed by atoms with van der Waals surface area (Å²) in [6, 6.07) is 11.1. The van der Waals surface area contributed by atoms with Gasteiger partial charge in [-0.15, -0.1) is 0 Å². The summed E-state index contributed by atoms with van der Waals surface area (Å²) in [4.78, 5) is 7.09. The average molecular weight is 289 g/mol. The zero-order valence-electron chi connectivity index (χ0n) is 12.7. The van der Waals surface area contributed by atoms with E-state index in [1.54, 1.807) is 0 Å². The van der Waals surface area contributed by atoms with Crippen molar-refractivity contribution in [3.63, 3.8) is 0 Å². The van der Waals surface area contributed by atoms with Gasteiger partial charge in [0, 0.05) is 36.3 Å². The third-order valence-corrected chi connectivity index (χ3v) is 4.44. The second-order valence-corrected chi connectivity index (χ2v) is 6.07. The first-order valence-corrected chi connectivity index (χ1v) is 8.30. The molecule has 1 heterocycles. The monoisotopic (exact) mass is 289 g/mol. The lowest BCUT2D eigenvalue weighted by molar-refractivity contribution is 0.270. The molecule has 4 heteroatoms. The van der Waals surface area contributed by atoms with Gasteiger partial charge in [0.15, 0.2) is 0 Å². The first-order chi connectivity index (χ1) is 9.65. The first-order valence-electron chi connectivity index (χ1n) is 6.91. The predicted octanol–water partition coefficient (Wildman–Crippen LogP) is 3.46. The van der Waals surface area contributed by atoms with Crippen LogP contribution in [0.25, 0.3) is 10.9 Å². The Hall–Kier alpha value is -1.26. The topological polar surface area (TPSA) is 28.2 Å². The molecular formula is C16H23N3S. The van der Waals surface area contributed by atoms with Crippen molar-refractivity contribution in [3.05, 3.63) is 35.9 Å². The molecule has 1 aromatic carbocycles. The van der Waals surface area contributed by atoms with Crippen molar-refractivity contribution in [3.8, 4) is 0 Å². The lowest BCUT2D eigenvalue weighted by Crippen LogP contribution is -2.30. The standard InChI is InChI=1S/C16H23N3S/c1-12(11-20-4)19(3)10-14-9-13-7-5-6-8-15(13)18-16(14)17-2/h5-9,12H,10-11H2,1-4H3,(H,17,18). The van der Waals surface area contributed by atoms with Crippen LogP contribution in [-0.4, -0.2) is 42.0 Å². The van der Waals surface area contributed by atoms with Crippen molar-refractivity contribution in [1.82, 2.24) is 9.88 Å². The summed E-state index contributed by atoms with van der Waals surface area (Å²) >= 11 is 1.89. The summed E-state index contributed by atoms with van der Waals surface area (Å²) in [6.07, 6.45) is 2.15. The van der Waals surface area contributed by atoms with Gasteiger partial charge in [-0.3, -0.25) is 4.90 Å². The Morgan fingerprint density at radius 1 is 1.35 bits per heavy atom. The molecule has 1 aromatic heterocycles. The molecular weight excluding hydrogens is 266 g/mol. The zero-order valence-corrected chi connectivity index (χ0v) is 13.5. The van der Waals surface area contributed by atoms with Gasteiger partial charge < -0.3 is 5.32 Å². The summed E-state index contributed by atoms with van der Waals surface area (Å²) in [5.74, 6) is 2.12. The molecule has 0 spiro atoms. The maximum absolute atomic E-state index is 4.71. The molecule has 20 heavy (non-hydrogen) atoms. The molecule has 0 aliphatic rings. The third-order valence-electron chi connectivity index (χ3n) is 3.62. The van der Waals surface area contributed by atoms with Crippen LogP contribution in [0.3, 0.4) is 0 Å². The number of thioether (sulfide) groups is 1. The summed E-state index contributed by atoms with van der Waals surface area (Å²) in [5, 5.41) is 4.42. The highest BCUT2D eigenvalue weighted by atomic mass is 32.2. The fourth-order valence-corrected chi connectivity index (χ4v) is 3.03. The summed E-state index contributed by atoms with van der Waals surface area (Å²) in [5.41, 5.74) is 2.29. The van der Waals surface area contributed by atoms with Gasteiger partial charge in [0.1, 0.15) is 5.82 Å². The highest BCUT2D eigenvalue weighted by molar-refractivity contribution is 7.98. The molecule has 0 bridgehead atoms. The van der Waals surface area contributed by atoms with Gasteiger partial charge in [-0.2, -0.15) is 11.8 Å². The van der Waals surface area contributed by atoms with Gasteiger partial charge in [-0.1, -0.05) is 18.2 Å². The first kappa shape index (κ1) is 15.1. The van der Waals surface area contributed by atoms with Crippen LogP contribution in [0.4, 0.5) is 5.82 Å². The highest BCUT2D eigenvalue weighted by Gasteiger charge is 2.12. The Morgan fingerprint density at radius 3 is 2.80 bits per heavy atom. The molecule has 0 amide bonds. The van der Waals surface area contributed by atoms with Crippen LogP contribution in [0.1, 0.15) is 12.5 Å². The van der Waals surface area contributed by atoms with E-state index in [2.05, 4.69) is 54.7 Å². The number of para-hydroxylation sites is 1. The number of pyridine rings is 1. The molecule has 0 aliphatic heterocycles. The van der Waals surface area contributed by atoms with E-state index in [0.717, 1.165) is 23.6 Å². The second kappa shape index (κ2) is 6.95. The van der Waals surface area contributed by atoms with Crippen LogP contribution in [0.2, 0.25) is 0 Å². The molecule has 3 nitrogen and oxygen atoms in total. The van der Waals surface area contributed by atoms with Gasteiger partial charge in [-0.05, 0) is 32.4 Å². The molecule has 0 fully saturated rings. The van der Waals surface area contributed by atoms with E-state index in [1.807, 2.05) is 24.9 Å². The van der Waals surface area contributed by atoms with E-state index in [1.165, 1.54) is 10.9 Å². The number of nitrogens with zero attached hydrogens (tertiary/aromatic N) is 2. The summed E-state index contributed by atoms with van der Waals surface area (Å²) in [7, 11) is 4.11. The number of rotatable bonds is 6. The Kier molecular flexibility index (Phi) is 5.26. The molecule has 108 valence electrons. The van der Waals surface area contributed by atoms with Gasteiger partial charge >= 0.3 is 0 Å². The highest BCUT2D eigenvalue weighted by Crippen LogP contribution is 2.22. The maximum Gasteiger partial charge on any atom is 0.130 e. The van der Waals surface area contributed by atoms with Crippen LogP contribution in [0.5, 0.6) is 0 Å². The Bertz CT molecular complexity index is 571. The summed E-state index contributed by atoms with van der Waals surface area (Å²) < 4.78 is 0. The fraction of sp³-hybridized carbons (Fsp3) is 0.438. The van der Waals surface area contributed by atoms with E-state index in [4.69, 9.17) is 4.98 Å². The minimum atomic E-state index is 0.557. The van der Waals surface area contributed by atoms with E-state index < -0.39 is 0 Å². The molecule has 2 aromatic rings. The largest absolute Gasteiger partial charge is 0.373 e. The van der Waals surface area contributed by atoms with Crippen LogP contribution < -0.4 is 5.32 Å². The van der Waals surface area contributed by atoms with Crippen LogP contribution in [-0.2, 0) is 6.54 Å². The minimum Gasteiger partial charge on any atom is -0.373 e. The second-order valence-electron chi connectivity index (χ2n) is 5.16. The average Bonchev–Trinajstić information content (AvgIpc) is 2.46.